The number of halogens is 1. The van der Waals surface area contributed by atoms with Gasteiger partial charge in [-0.3, -0.25) is 4.79 Å². The molecule has 1 aromatic carbocycles. The summed E-state index contributed by atoms with van der Waals surface area (Å²) in [5.74, 6) is 1.01. The van der Waals surface area contributed by atoms with Gasteiger partial charge in [0.1, 0.15) is 12.4 Å². The van der Waals surface area contributed by atoms with E-state index in [1.54, 1.807) is 7.11 Å². The summed E-state index contributed by atoms with van der Waals surface area (Å²) in [5.41, 5.74) is 1.86. The number of nitrogens with one attached hydrogen (secondary N) is 1. The van der Waals surface area contributed by atoms with Crippen LogP contribution >= 0.6 is 0 Å². The second-order valence-electron chi connectivity index (χ2n) is 9.17. The van der Waals surface area contributed by atoms with E-state index in [0.29, 0.717) is 24.4 Å². The number of ether oxygens (including phenoxy) is 2. The van der Waals surface area contributed by atoms with Crippen LogP contribution in [0.15, 0.2) is 36.2 Å². The van der Waals surface area contributed by atoms with Crippen molar-refractivity contribution >= 4 is 5.91 Å². The van der Waals surface area contributed by atoms with Crippen molar-refractivity contribution in [2.24, 2.45) is 5.41 Å². The molecule has 3 saturated carbocycles. The van der Waals surface area contributed by atoms with Gasteiger partial charge in [-0.05, 0) is 80.1 Å². The molecule has 1 amide bonds. The molecule has 4 nitrogen and oxygen atoms in total. The minimum absolute atomic E-state index is 0.109. The first-order chi connectivity index (χ1) is 14.0. The summed E-state index contributed by atoms with van der Waals surface area (Å²) in [5, 5.41) is 3.28. The van der Waals surface area contributed by atoms with E-state index >= 15 is 0 Å². The number of amides is 1. The average molecular weight is 402 g/mol. The fourth-order valence-corrected chi connectivity index (χ4v) is 5.41. The molecule has 0 spiro atoms. The van der Waals surface area contributed by atoms with Crippen LogP contribution in [0.4, 0.5) is 4.39 Å². The smallest absolute Gasteiger partial charge is 0.226 e. The Kier molecular flexibility index (Phi) is 5.69. The summed E-state index contributed by atoms with van der Waals surface area (Å²) in [7, 11) is 1.74. The van der Waals surface area contributed by atoms with Crippen LogP contribution in [0.3, 0.4) is 0 Å². The van der Waals surface area contributed by atoms with Crippen molar-refractivity contribution in [2.75, 3.05) is 13.7 Å². The molecule has 0 heterocycles. The highest BCUT2D eigenvalue weighted by Crippen LogP contribution is 2.62. The molecule has 158 valence electrons. The molecule has 1 aromatic rings. The SMILES string of the molecule is CC/C(=C\F)COc1ccc(C23CCC(C(=O)NC4CC(OC)C4)(CC2)C3)cc1. The normalized spacial score (nSPS) is 33.4. The number of carbonyl (C=O) groups excluding carboxylic acids is 1. The summed E-state index contributed by atoms with van der Waals surface area (Å²) in [6.45, 7) is 2.20. The van der Waals surface area contributed by atoms with Crippen LogP contribution in [0, 0.1) is 5.41 Å². The molecular formula is C24H32FNO3. The topological polar surface area (TPSA) is 47.6 Å². The Morgan fingerprint density at radius 1 is 1.21 bits per heavy atom. The summed E-state index contributed by atoms with van der Waals surface area (Å²) in [6.07, 6.45) is 8.47. The fourth-order valence-electron chi connectivity index (χ4n) is 5.41. The summed E-state index contributed by atoms with van der Waals surface area (Å²) >= 11 is 0. The van der Waals surface area contributed by atoms with Crippen molar-refractivity contribution in [1.29, 1.82) is 0 Å². The standard InChI is InChI=1S/C24H32FNO3/c1-3-17(14-25)15-29-20-6-4-18(5-7-20)23-8-10-24(16-23,11-9-23)22(27)26-19-12-21(13-19)28-2/h4-7,14,19,21H,3,8-13,15-16H2,1-2H3,(H,26,27)/b17-14+. The largest absolute Gasteiger partial charge is 0.489 e. The number of hydrogen-bond donors (Lipinski definition) is 1. The lowest BCUT2D eigenvalue weighted by Crippen LogP contribution is -2.51. The predicted octanol–water partition coefficient (Wildman–Crippen LogP) is 4.82. The summed E-state index contributed by atoms with van der Waals surface area (Å²) < 4.78 is 23.7. The Morgan fingerprint density at radius 3 is 2.48 bits per heavy atom. The van der Waals surface area contributed by atoms with Gasteiger partial charge < -0.3 is 14.8 Å². The average Bonchev–Trinajstić information content (AvgIpc) is 3.30. The molecule has 0 atom stereocenters. The molecule has 0 unspecified atom stereocenters. The van der Waals surface area contributed by atoms with Crippen LogP contribution in [0.5, 0.6) is 5.75 Å². The maximum absolute atomic E-state index is 13.0. The first kappa shape index (κ1) is 20.4. The minimum Gasteiger partial charge on any atom is -0.489 e. The molecule has 5 heteroatoms. The molecule has 3 fully saturated rings. The molecule has 4 rings (SSSR count). The molecule has 0 aliphatic heterocycles. The van der Waals surface area contributed by atoms with Gasteiger partial charge >= 0.3 is 0 Å². The molecule has 0 radical (unpaired) electrons. The number of hydrogen-bond acceptors (Lipinski definition) is 3. The molecule has 0 aromatic heterocycles. The molecule has 29 heavy (non-hydrogen) atoms. The number of rotatable bonds is 8. The zero-order valence-corrected chi connectivity index (χ0v) is 17.5. The molecule has 0 saturated heterocycles. The van der Waals surface area contributed by atoms with E-state index in [-0.39, 0.29) is 29.4 Å². The maximum atomic E-state index is 13.0. The number of benzene rings is 1. The number of carbonyl (C=O) groups is 1. The van der Waals surface area contributed by atoms with Gasteiger partial charge in [0.15, 0.2) is 0 Å². The third kappa shape index (κ3) is 3.81. The van der Waals surface area contributed by atoms with Gasteiger partial charge in [-0.15, -0.1) is 0 Å². The first-order valence-corrected chi connectivity index (χ1v) is 10.9. The Balaban J connectivity index is 1.37. The monoisotopic (exact) mass is 401 g/mol. The lowest BCUT2D eigenvalue weighted by Gasteiger charge is -2.37. The van der Waals surface area contributed by atoms with Gasteiger partial charge in [-0.2, -0.15) is 0 Å². The van der Waals surface area contributed by atoms with E-state index in [4.69, 9.17) is 9.47 Å². The number of fused-ring (bicyclic) bond motifs is 2. The van der Waals surface area contributed by atoms with Crippen LogP contribution < -0.4 is 10.1 Å². The van der Waals surface area contributed by atoms with Gasteiger partial charge in [0.2, 0.25) is 5.91 Å². The van der Waals surface area contributed by atoms with E-state index < -0.39 is 0 Å². The van der Waals surface area contributed by atoms with Crippen LogP contribution in [-0.2, 0) is 14.9 Å². The first-order valence-electron chi connectivity index (χ1n) is 10.9. The van der Waals surface area contributed by atoms with E-state index in [0.717, 1.165) is 50.7 Å². The third-order valence-corrected chi connectivity index (χ3v) is 7.59. The van der Waals surface area contributed by atoms with Crippen molar-refractivity contribution in [3.8, 4) is 5.75 Å². The summed E-state index contributed by atoms with van der Waals surface area (Å²) in [6, 6.07) is 8.50. The van der Waals surface area contributed by atoms with Gasteiger partial charge in [-0.1, -0.05) is 19.1 Å². The quantitative estimate of drug-likeness (QED) is 0.679. The predicted molar refractivity (Wildman–Crippen MR) is 111 cm³/mol. The molecule has 1 N–H and O–H groups in total. The molecule has 3 aliphatic carbocycles. The van der Waals surface area contributed by atoms with E-state index in [2.05, 4.69) is 17.4 Å². The zero-order valence-electron chi connectivity index (χ0n) is 17.5. The highest BCUT2D eigenvalue weighted by molar-refractivity contribution is 5.84. The maximum Gasteiger partial charge on any atom is 0.226 e. The Morgan fingerprint density at radius 2 is 1.90 bits per heavy atom. The van der Waals surface area contributed by atoms with E-state index in [9.17, 15) is 9.18 Å². The van der Waals surface area contributed by atoms with Crippen molar-refractivity contribution in [3.05, 3.63) is 41.7 Å². The zero-order chi connectivity index (χ0) is 20.5. The van der Waals surface area contributed by atoms with Crippen LogP contribution in [0.25, 0.3) is 0 Å². The second-order valence-corrected chi connectivity index (χ2v) is 9.17. The van der Waals surface area contributed by atoms with Gasteiger partial charge in [0.05, 0.1) is 17.8 Å². The van der Waals surface area contributed by atoms with Crippen molar-refractivity contribution in [1.82, 2.24) is 5.32 Å². The number of methoxy groups -OCH3 is 1. The van der Waals surface area contributed by atoms with E-state index in [1.165, 1.54) is 5.56 Å². The third-order valence-electron chi connectivity index (χ3n) is 7.59. The highest BCUT2D eigenvalue weighted by atomic mass is 19.1. The van der Waals surface area contributed by atoms with Crippen LogP contribution in [0.2, 0.25) is 0 Å². The molecule has 3 aliphatic rings. The fraction of sp³-hybridized carbons (Fsp3) is 0.625. The van der Waals surface area contributed by atoms with Crippen molar-refractivity contribution in [2.45, 2.75) is 75.9 Å². The van der Waals surface area contributed by atoms with Crippen LogP contribution in [-0.4, -0.2) is 31.8 Å². The van der Waals surface area contributed by atoms with Crippen molar-refractivity contribution in [3.63, 3.8) is 0 Å². The Labute approximate surface area is 172 Å². The lowest BCUT2D eigenvalue weighted by molar-refractivity contribution is -0.133. The molecular weight excluding hydrogens is 369 g/mol. The van der Waals surface area contributed by atoms with Crippen molar-refractivity contribution < 1.29 is 18.7 Å². The van der Waals surface area contributed by atoms with E-state index in [1.807, 2.05) is 19.1 Å². The van der Waals surface area contributed by atoms with Gasteiger partial charge in [0, 0.05) is 13.2 Å². The Hall–Kier alpha value is -1.88. The second kappa shape index (κ2) is 8.10. The van der Waals surface area contributed by atoms with Gasteiger partial charge in [0.25, 0.3) is 0 Å². The highest BCUT2D eigenvalue weighted by Gasteiger charge is 2.58. The Bertz CT molecular complexity index is 759. The van der Waals surface area contributed by atoms with Gasteiger partial charge in [-0.25, -0.2) is 4.39 Å². The molecule has 2 bridgehead atoms. The van der Waals surface area contributed by atoms with Crippen LogP contribution in [0.1, 0.15) is 63.9 Å². The summed E-state index contributed by atoms with van der Waals surface area (Å²) in [4.78, 5) is 13.0. The minimum atomic E-state index is -0.199. The lowest BCUT2D eigenvalue weighted by atomic mass is 9.77.